The lowest BCUT2D eigenvalue weighted by Crippen LogP contribution is -2.18. The number of aliphatic hydroxyl groups excluding tert-OH is 1. The van der Waals surface area contributed by atoms with Crippen molar-refractivity contribution in [2.24, 2.45) is 0 Å². The van der Waals surface area contributed by atoms with Crippen LogP contribution in [-0.4, -0.2) is 27.9 Å². The summed E-state index contributed by atoms with van der Waals surface area (Å²) in [5, 5.41) is 18.7. The minimum absolute atomic E-state index is 0.214. The molecule has 1 amide bonds. The number of carbonyl (C=O) groups is 1. The topological polar surface area (TPSA) is 60.8 Å². The predicted molar refractivity (Wildman–Crippen MR) is 49.5 cm³/mol. The largest absolute Gasteiger partial charge is 0.392 e. The van der Waals surface area contributed by atoms with Gasteiger partial charge in [0.1, 0.15) is 0 Å². The molecule has 14 heavy (non-hydrogen) atoms. The Bertz CT molecular complexity index is 412. The standard InChI is InChI=1S/C10H9NO3/c12-6-5-9-7-3-1-2-4-8(7)10(13)11(9)14/h1-5,12,14H,6H2/b9-5+. The van der Waals surface area contributed by atoms with Gasteiger partial charge in [0, 0.05) is 5.56 Å². The Morgan fingerprint density at radius 3 is 2.57 bits per heavy atom. The van der Waals surface area contributed by atoms with Crippen LogP contribution in [0, 0.1) is 0 Å². The average molecular weight is 191 g/mol. The smallest absolute Gasteiger partial charge is 0.282 e. The fourth-order valence-corrected chi connectivity index (χ4v) is 1.51. The lowest BCUT2D eigenvalue weighted by Gasteiger charge is -2.07. The van der Waals surface area contributed by atoms with E-state index >= 15 is 0 Å². The van der Waals surface area contributed by atoms with Crippen LogP contribution in [0.25, 0.3) is 5.70 Å². The molecule has 1 aliphatic heterocycles. The SMILES string of the molecule is O=C1c2ccccc2/C(=C\CO)N1O. The van der Waals surface area contributed by atoms with E-state index in [1.807, 2.05) is 0 Å². The number of rotatable bonds is 1. The van der Waals surface area contributed by atoms with Gasteiger partial charge in [-0.1, -0.05) is 18.2 Å². The average Bonchev–Trinajstić information content (AvgIpc) is 2.45. The molecule has 1 aliphatic rings. The third kappa shape index (κ3) is 1.13. The van der Waals surface area contributed by atoms with Gasteiger partial charge in [0.15, 0.2) is 0 Å². The molecule has 0 radical (unpaired) electrons. The van der Waals surface area contributed by atoms with Crippen LogP contribution >= 0.6 is 0 Å². The molecule has 0 fully saturated rings. The maximum atomic E-state index is 11.4. The summed E-state index contributed by atoms with van der Waals surface area (Å²) in [4.78, 5) is 11.4. The van der Waals surface area contributed by atoms with E-state index in [1.54, 1.807) is 24.3 Å². The zero-order valence-corrected chi connectivity index (χ0v) is 7.34. The Hall–Kier alpha value is -1.65. The summed E-state index contributed by atoms with van der Waals surface area (Å²) >= 11 is 0. The highest BCUT2D eigenvalue weighted by molar-refractivity contribution is 6.08. The summed E-state index contributed by atoms with van der Waals surface area (Å²) in [6.07, 6.45) is 1.39. The van der Waals surface area contributed by atoms with Gasteiger partial charge in [-0.25, -0.2) is 0 Å². The number of aliphatic hydroxyl groups is 1. The molecule has 0 saturated heterocycles. The van der Waals surface area contributed by atoms with Gasteiger partial charge in [-0.05, 0) is 12.1 Å². The molecule has 1 aromatic carbocycles. The first-order valence-electron chi connectivity index (χ1n) is 4.19. The molecule has 2 N–H and O–H groups in total. The first kappa shape index (κ1) is 8.93. The van der Waals surface area contributed by atoms with Crippen LogP contribution in [0.4, 0.5) is 0 Å². The predicted octanol–water partition coefficient (Wildman–Crippen LogP) is 0.865. The van der Waals surface area contributed by atoms with Crippen molar-refractivity contribution in [1.29, 1.82) is 0 Å². The van der Waals surface area contributed by atoms with Gasteiger partial charge >= 0.3 is 0 Å². The van der Waals surface area contributed by atoms with Gasteiger partial charge in [-0.3, -0.25) is 10.0 Å². The molecular weight excluding hydrogens is 182 g/mol. The number of benzene rings is 1. The summed E-state index contributed by atoms with van der Waals surface area (Å²) < 4.78 is 0. The van der Waals surface area contributed by atoms with Crippen molar-refractivity contribution in [2.45, 2.75) is 0 Å². The molecule has 1 aromatic rings. The molecule has 4 heteroatoms. The first-order chi connectivity index (χ1) is 6.75. The Morgan fingerprint density at radius 1 is 1.29 bits per heavy atom. The second kappa shape index (κ2) is 3.25. The molecule has 0 bridgehead atoms. The van der Waals surface area contributed by atoms with E-state index in [0.29, 0.717) is 21.9 Å². The fraction of sp³-hybridized carbons (Fsp3) is 0.100. The van der Waals surface area contributed by atoms with Crippen LogP contribution < -0.4 is 0 Å². The number of fused-ring (bicyclic) bond motifs is 1. The van der Waals surface area contributed by atoms with E-state index in [2.05, 4.69) is 0 Å². The number of carbonyl (C=O) groups excluding carboxylic acids is 1. The molecule has 0 aliphatic carbocycles. The maximum Gasteiger partial charge on any atom is 0.282 e. The van der Waals surface area contributed by atoms with Gasteiger partial charge in [0.25, 0.3) is 5.91 Å². The Labute approximate surface area is 80.7 Å². The highest BCUT2D eigenvalue weighted by Crippen LogP contribution is 2.30. The summed E-state index contributed by atoms with van der Waals surface area (Å²) in [5.74, 6) is -0.458. The second-order valence-corrected chi connectivity index (χ2v) is 2.93. The van der Waals surface area contributed by atoms with Crippen LogP contribution in [0.5, 0.6) is 0 Å². The van der Waals surface area contributed by atoms with Crippen LogP contribution in [-0.2, 0) is 0 Å². The van der Waals surface area contributed by atoms with E-state index < -0.39 is 5.91 Å². The Morgan fingerprint density at radius 2 is 1.93 bits per heavy atom. The number of amides is 1. The lowest BCUT2D eigenvalue weighted by atomic mass is 10.1. The van der Waals surface area contributed by atoms with Crippen LogP contribution in [0.3, 0.4) is 0 Å². The van der Waals surface area contributed by atoms with Crippen molar-refractivity contribution in [1.82, 2.24) is 5.06 Å². The molecule has 4 nitrogen and oxygen atoms in total. The van der Waals surface area contributed by atoms with Crippen molar-refractivity contribution in [2.75, 3.05) is 6.61 Å². The van der Waals surface area contributed by atoms with Crippen LogP contribution in [0.1, 0.15) is 15.9 Å². The van der Waals surface area contributed by atoms with E-state index in [-0.39, 0.29) is 6.61 Å². The number of nitrogens with zero attached hydrogens (tertiary/aromatic N) is 1. The van der Waals surface area contributed by atoms with Gasteiger partial charge in [-0.2, -0.15) is 5.06 Å². The zero-order valence-electron chi connectivity index (χ0n) is 7.34. The summed E-state index contributed by atoms with van der Waals surface area (Å²) in [5.41, 5.74) is 1.44. The van der Waals surface area contributed by atoms with E-state index in [4.69, 9.17) is 5.11 Å². The number of hydrogen-bond donors (Lipinski definition) is 2. The molecule has 0 saturated carbocycles. The minimum Gasteiger partial charge on any atom is -0.392 e. The highest BCUT2D eigenvalue weighted by atomic mass is 16.5. The third-order valence-corrected chi connectivity index (χ3v) is 2.14. The quantitative estimate of drug-likeness (QED) is 0.647. The van der Waals surface area contributed by atoms with Crippen molar-refractivity contribution >= 4 is 11.6 Å². The first-order valence-corrected chi connectivity index (χ1v) is 4.19. The normalized spacial score (nSPS) is 17.7. The monoisotopic (exact) mass is 191 g/mol. The summed E-state index contributed by atoms with van der Waals surface area (Å²) in [6.45, 7) is -0.214. The zero-order chi connectivity index (χ0) is 10.1. The van der Waals surface area contributed by atoms with Gasteiger partial charge < -0.3 is 5.11 Å². The molecule has 72 valence electrons. The summed E-state index contributed by atoms with van der Waals surface area (Å²) in [6, 6.07) is 6.87. The van der Waals surface area contributed by atoms with Crippen LogP contribution in [0.15, 0.2) is 30.3 Å². The highest BCUT2D eigenvalue weighted by Gasteiger charge is 2.30. The molecule has 0 atom stereocenters. The van der Waals surface area contributed by atoms with Crippen molar-refractivity contribution in [3.8, 4) is 0 Å². The van der Waals surface area contributed by atoms with Crippen molar-refractivity contribution in [3.63, 3.8) is 0 Å². The Balaban J connectivity index is 2.59. The molecule has 0 spiro atoms. The molecule has 1 heterocycles. The number of hydrogen-bond acceptors (Lipinski definition) is 3. The minimum atomic E-state index is -0.458. The van der Waals surface area contributed by atoms with Crippen molar-refractivity contribution < 1.29 is 15.1 Å². The Kier molecular flexibility index (Phi) is 2.07. The molecular formula is C10H9NO3. The fourth-order valence-electron chi connectivity index (χ4n) is 1.51. The van der Waals surface area contributed by atoms with Crippen LogP contribution in [0.2, 0.25) is 0 Å². The van der Waals surface area contributed by atoms with Gasteiger partial charge in [0.2, 0.25) is 0 Å². The maximum absolute atomic E-state index is 11.4. The molecule has 0 aromatic heterocycles. The van der Waals surface area contributed by atoms with Gasteiger partial charge in [-0.15, -0.1) is 0 Å². The van der Waals surface area contributed by atoms with E-state index in [0.717, 1.165) is 0 Å². The van der Waals surface area contributed by atoms with Gasteiger partial charge in [0.05, 0.1) is 17.9 Å². The molecule has 2 rings (SSSR count). The van der Waals surface area contributed by atoms with E-state index in [9.17, 15) is 10.0 Å². The number of hydroxylamine groups is 2. The van der Waals surface area contributed by atoms with Crippen molar-refractivity contribution in [3.05, 3.63) is 41.5 Å². The van der Waals surface area contributed by atoms with E-state index in [1.165, 1.54) is 6.08 Å². The second-order valence-electron chi connectivity index (χ2n) is 2.93. The lowest BCUT2D eigenvalue weighted by molar-refractivity contribution is -0.00747. The molecule has 0 unspecified atom stereocenters. The summed E-state index contributed by atoms with van der Waals surface area (Å²) in [7, 11) is 0. The third-order valence-electron chi connectivity index (χ3n) is 2.14.